The number of nitrogens with one attached hydrogen (secondary N) is 1. The van der Waals surface area contributed by atoms with Crippen molar-refractivity contribution in [2.24, 2.45) is 17.6 Å². The number of carbonyl (C=O) groups excluding carboxylic acids is 1. The van der Waals surface area contributed by atoms with Crippen LogP contribution in [0.1, 0.15) is 13.8 Å². The van der Waals surface area contributed by atoms with Crippen molar-refractivity contribution in [3.05, 3.63) is 30.3 Å². The molecule has 3 nitrogen and oxygen atoms in total. The van der Waals surface area contributed by atoms with Gasteiger partial charge in [0.15, 0.2) is 0 Å². The van der Waals surface area contributed by atoms with Gasteiger partial charge in [0.05, 0.1) is 5.92 Å². The summed E-state index contributed by atoms with van der Waals surface area (Å²) in [6.07, 6.45) is 0. The van der Waals surface area contributed by atoms with Crippen LogP contribution in [0.4, 0.5) is 0 Å². The fourth-order valence-electron chi connectivity index (χ4n) is 1.67. The van der Waals surface area contributed by atoms with E-state index in [-0.39, 0.29) is 17.7 Å². The van der Waals surface area contributed by atoms with E-state index < -0.39 is 0 Å². The van der Waals surface area contributed by atoms with Crippen LogP contribution in [-0.2, 0) is 4.79 Å². The normalized spacial score (nSPS) is 12.4. The van der Waals surface area contributed by atoms with E-state index in [1.165, 1.54) is 4.90 Å². The summed E-state index contributed by atoms with van der Waals surface area (Å²) in [6, 6.07) is 10.2. The molecule has 0 aromatic heterocycles. The lowest BCUT2D eigenvalue weighted by Gasteiger charge is -2.18. The second kappa shape index (κ2) is 8.16. The Hall–Kier alpha value is -1.00. The standard InChI is InChI=1S/C14H22N2OS/c1-11(2)13(10-15)14(17)16-8-9-18-12-6-4-3-5-7-12/h3-7,11,13H,8-10,15H2,1-2H3,(H,16,17). The lowest BCUT2D eigenvalue weighted by molar-refractivity contribution is -0.125. The Morgan fingerprint density at radius 1 is 1.33 bits per heavy atom. The van der Waals surface area contributed by atoms with Crippen LogP contribution in [0.2, 0.25) is 0 Å². The third-order valence-corrected chi connectivity index (χ3v) is 3.82. The SMILES string of the molecule is CC(C)C(CN)C(=O)NCCSc1ccccc1. The third kappa shape index (κ3) is 5.10. The smallest absolute Gasteiger partial charge is 0.224 e. The predicted molar refractivity (Wildman–Crippen MR) is 77.6 cm³/mol. The van der Waals surface area contributed by atoms with Gasteiger partial charge in [0, 0.05) is 23.7 Å². The minimum absolute atomic E-state index is 0.0705. The van der Waals surface area contributed by atoms with Gasteiger partial charge < -0.3 is 11.1 Å². The van der Waals surface area contributed by atoms with Crippen molar-refractivity contribution in [1.82, 2.24) is 5.32 Å². The van der Waals surface area contributed by atoms with Gasteiger partial charge in [-0.3, -0.25) is 4.79 Å². The summed E-state index contributed by atoms with van der Waals surface area (Å²) in [6.45, 7) is 5.14. The summed E-state index contributed by atoms with van der Waals surface area (Å²) in [4.78, 5) is 13.1. The lowest BCUT2D eigenvalue weighted by atomic mass is 9.95. The van der Waals surface area contributed by atoms with E-state index in [1.54, 1.807) is 11.8 Å². The van der Waals surface area contributed by atoms with Crippen molar-refractivity contribution in [1.29, 1.82) is 0 Å². The molecule has 0 radical (unpaired) electrons. The van der Waals surface area contributed by atoms with Crippen molar-refractivity contribution in [2.75, 3.05) is 18.8 Å². The van der Waals surface area contributed by atoms with Crippen molar-refractivity contribution >= 4 is 17.7 Å². The highest BCUT2D eigenvalue weighted by atomic mass is 32.2. The van der Waals surface area contributed by atoms with Crippen LogP contribution >= 0.6 is 11.8 Å². The van der Waals surface area contributed by atoms with Gasteiger partial charge in [-0.1, -0.05) is 32.0 Å². The van der Waals surface area contributed by atoms with Gasteiger partial charge in [-0.2, -0.15) is 0 Å². The molecule has 1 aromatic rings. The molecule has 3 N–H and O–H groups in total. The zero-order chi connectivity index (χ0) is 13.4. The molecule has 0 bridgehead atoms. The van der Waals surface area contributed by atoms with E-state index in [0.29, 0.717) is 13.1 Å². The first-order chi connectivity index (χ1) is 8.65. The van der Waals surface area contributed by atoms with Gasteiger partial charge in [-0.15, -0.1) is 11.8 Å². The zero-order valence-corrected chi connectivity index (χ0v) is 11.9. The molecule has 1 aromatic carbocycles. The average molecular weight is 266 g/mol. The van der Waals surface area contributed by atoms with E-state index in [9.17, 15) is 4.79 Å². The Morgan fingerprint density at radius 3 is 2.56 bits per heavy atom. The Labute approximate surface area is 114 Å². The quantitative estimate of drug-likeness (QED) is 0.587. The maximum absolute atomic E-state index is 11.8. The zero-order valence-electron chi connectivity index (χ0n) is 11.1. The van der Waals surface area contributed by atoms with E-state index >= 15 is 0 Å². The molecule has 4 heteroatoms. The lowest BCUT2D eigenvalue weighted by Crippen LogP contribution is -2.38. The van der Waals surface area contributed by atoms with E-state index in [2.05, 4.69) is 17.4 Å². The second-order valence-electron chi connectivity index (χ2n) is 4.54. The highest BCUT2D eigenvalue weighted by molar-refractivity contribution is 7.99. The number of thioether (sulfide) groups is 1. The fraction of sp³-hybridized carbons (Fsp3) is 0.500. The van der Waals surface area contributed by atoms with Crippen molar-refractivity contribution in [3.63, 3.8) is 0 Å². The van der Waals surface area contributed by atoms with Crippen LogP contribution in [0.5, 0.6) is 0 Å². The summed E-state index contributed by atoms with van der Waals surface area (Å²) < 4.78 is 0. The molecule has 1 atom stereocenters. The fourth-order valence-corrected chi connectivity index (χ4v) is 2.46. The molecule has 1 amide bonds. The van der Waals surface area contributed by atoms with E-state index in [0.717, 1.165) is 5.75 Å². The highest BCUT2D eigenvalue weighted by Gasteiger charge is 2.19. The monoisotopic (exact) mass is 266 g/mol. The van der Waals surface area contributed by atoms with Gasteiger partial charge in [0.25, 0.3) is 0 Å². The van der Waals surface area contributed by atoms with Gasteiger partial charge in [0.1, 0.15) is 0 Å². The molecule has 100 valence electrons. The topological polar surface area (TPSA) is 55.1 Å². The highest BCUT2D eigenvalue weighted by Crippen LogP contribution is 2.16. The van der Waals surface area contributed by atoms with Crippen LogP contribution in [-0.4, -0.2) is 24.7 Å². The van der Waals surface area contributed by atoms with Gasteiger partial charge in [-0.25, -0.2) is 0 Å². The van der Waals surface area contributed by atoms with Crippen LogP contribution in [0.25, 0.3) is 0 Å². The molecular formula is C14H22N2OS. The molecule has 0 saturated carbocycles. The first-order valence-electron chi connectivity index (χ1n) is 6.30. The Morgan fingerprint density at radius 2 is 2.00 bits per heavy atom. The maximum atomic E-state index is 11.8. The molecule has 0 saturated heterocycles. The van der Waals surface area contributed by atoms with Crippen molar-refractivity contribution in [2.45, 2.75) is 18.7 Å². The first-order valence-corrected chi connectivity index (χ1v) is 7.29. The minimum Gasteiger partial charge on any atom is -0.355 e. The first kappa shape index (κ1) is 15.1. The molecule has 18 heavy (non-hydrogen) atoms. The van der Waals surface area contributed by atoms with Crippen LogP contribution < -0.4 is 11.1 Å². The molecule has 1 rings (SSSR count). The summed E-state index contributed by atoms with van der Waals surface area (Å²) in [5, 5.41) is 2.95. The summed E-state index contributed by atoms with van der Waals surface area (Å²) in [7, 11) is 0. The molecule has 0 aliphatic rings. The summed E-state index contributed by atoms with van der Waals surface area (Å²) in [5.41, 5.74) is 5.60. The number of hydrogen-bond donors (Lipinski definition) is 2. The Bertz CT molecular complexity index is 354. The Kier molecular flexibility index (Phi) is 6.83. The predicted octanol–water partition coefficient (Wildman–Crippen LogP) is 2.13. The summed E-state index contributed by atoms with van der Waals surface area (Å²) in [5.74, 6) is 1.16. The molecular weight excluding hydrogens is 244 g/mol. The van der Waals surface area contributed by atoms with Gasteiger partial charge in [-0.05, 0) is 18.1 Å². The molecule has 0 aliphatic carbocycles. The number of hydrogen-bond acceptors (Lipinski definition) is 3. The molecule has 1 unspecified atom stereocenters. The molecule has 0 fully saturated rings. The maximum Gasteiger partial charge on any atom is 0.224 e. The van der Waals surface area contributed by atoms with Crippen molar-refractivity contribution < 1.29 is 4.79 Å². The van der Waals surface area contributed by atoms with Crippen molar-refractivity contribution in [3.8, 4) is 0 Å². The molecule has 0 heterocycles. The third-order valence-electron chi connectivity index (χ3n) is 2.81. The number of carbonyl (C=O) groups is 1. The number of amides is 1. The average Bonchev–Trinajstić information content (AvgIpc) is 2.36. The molecule has 0 aliphatic heterocycles. The van der Waals surface area contributed by atoms with E-state index in [4.69, 9.17) is 5.73 Å². The number of rotatable bonds is 7. The second-order valence-corrected chi connectivity index (χ2v) is 5.71. The minimum atomic E-state index is -0.0771. The number of nitrogens with two attached hydrogens (primary N) is 1. The van der Waals surface area contributed by atoms with Crippen LogP contribution in [0, 0.1) is 11.8 Å². The summed E-state index contributed by atoms with van der Waals surface area (Å²) >= 11 is 1.74. The van der Waals surface area contributed by atoms with E-state index in [1.807, 2.05) is 32.0 Å². The Balaban J connectivity index is 2.23. The molecule has 0 spiro atoms. The van der Waals surface area contributed by atoms with Crippen LogP contribution in [0.3, 0.4) is 0 Å². The largest absolute Gasteiger partial charge is 0.355 e. The van der Waals surface area contributed by atoms with Gasteiger partial charge in [0.2, 0.25) is 5.91 Å². The van der Waals surface area contributed by atoms with Crippen LogP contribution in [0.15, 0.2) is 35.2 Å². The number of benzene rings is 1. The van der Waals surface area contributed by atoms with Gasteiger partial charge >= 0.3 is 0 Å².